The van der Waals surface area contributed by atoms with Gasteiger partial charge in [-0.2, -0.15) is 0 Å². The second kappa shape index (κ2) is 12.8. The molecule has 0 aromatic carbocycles. The summed E-state index contributed by atoms with van der Waals surface area (Å²) in [5, 5.41) is 15.7. The molecule has 0 aromatic heterocycles. The van der Waals surface area contributed by atoms with Crippen molar-refractivity contribution in [3.8, 4) is 0 Å². The van der Waals surface area contributed by atoms with Gasteiger partial charge in [-0.25, -0.2) is 4.79 Å². The van der Waals surface area contributed by atoms with Crippen LogP contribution in [-0.2, 0) is 4.74 Å². The molecule has 0 aliphatic carbocycles. The molecule has 0 saturated carbocycles. The van der Waals surface area contributed by atoms with Crippen LogP contribution in [0.15, 0.2) is 4.99 Å². The number of guanidine groups is 1. The third-order valence-electron chi connectivity index (χ3n) is 3.64. The third kappa shape index (κ3) is 12.8. The third-order valence-corrected chi connectivity index (χ3v) is 3.64. The van der Waals surface area contributed by atoms with Crippen LogP contribution < -0.4 is 10.6 Å². The van der Waals surface area contributed by atoms with E-state index in [2.05, 4.69) is 29.5 Å². The van der Waals surface area contributed by atoms with Gasteiger partial charge in [-0.15, -0.1) is 0 Å². The molecule has 0 aliphatic heterocycles. The van der Waals surface area contributed by atoms with Gasteiger partial charge in [-0.1, -0.05) is 13.8 Å². The number of likely N-dealkylation sites (N-methyl/N-ethyl adjacent to an activating group) is 1. The molecule has 0 heterocycles. The Morgan fingerprint density at radius 3 is 2.42 bits per heavy atom. The SMILES string of the molecule is CCNC(=NCC(CCO)CC(C)C)NCCN(C)C(=O)OC(C)(C)C. The zero-order valence-electron chi connectivity index (χ0n) is 17.8. The van der Waals surface area contributed by atoms with Crippen LogP contribution in [0.3, 0.4) is 0 Å². The summed E-state index contributed by atoms with van der Waals surface area (Å²) in [5.74, 6) is 1.69. The first kappa shape index (κ1) is 24.5. The van der Waals surface area contributed by atoms with Crippen LogP contribution in [0, 0.1) is 11.8 Å². The Hall–Kier alpha value is -1.50. The molecule has 1 atom stereocenters. The molecule has 0 fully saturated rings. The highest BCUT2D eigenvalue weighted by Crippen LogP contribution is 2.15. The van der Waals surface area contributed by atoms with E-state index in [1.54, 1.807) is 11.9 Å². The van der Waals surface area contributed by atoms with E-state index in [1.165, 1.54) is 0 Å². The van der Waals surface area contributed by atoms with Crippen LogP contribution in [0.25, 0.3) is 0 Å². The molecule has 0 bridgehead atoms. The lowest BCUT2D eigenvalue weighted by molar-refractivity contribution is 0.0302. The maximum Gasteiger partial charge on any atom is 0.410 e. The number of aliphatic hydroxyl groups excluding tert-OH is 1. The molecule has 1 amide bonds. The molecule has 0 saturated heterocycles. The number of aliphatic imine (C=N–C) groups is 1. The van der Waals surface area contributed by atoms with Crippen molar-refractivity contribution in [1.82, 2.24) is 15.5 Å². The highest BCUT2D eigenvalue weighted by atomic mass is 16.6. The van der Waals surface area contributed by atoms with E-state index in [9.17, 15) is 9.90 Å². The molecule has 0 aromatic rings. The van der Waals surface area contributed by atoms with Gasteiger partial charge < -0.3 is 25.4 Å². The monoisotopic (exact) mass is 372 g/mol. The molecular weight excluding hydrogens is 332 g/mol. The van der Waals surface area contributed by atoms with Crippen molar-refractivity contribution in [1.29, 1.82) is 0 Å². The molecule has 154 valence electrons. The van der Waals surface area contributed by atoms with Gasteiger partial charge in [-0.05, 0) is 52.4 Å². The van der Waals surface area contributed by atoms with Crippen LogP contribution in [0.2, 0.25) is 0 Å². The quantitative estimate of drug-likeness (QED) is 0.405. The number of hydrogen-bond donors (Lipinski definition) is 3. The maximum atomic E-state index is 12.0. The highest BCUT2D eigenvalue weighted by Gasteiger charge is 2.19. The molecule has 1 unspecified atom stereocenters. The predicted molar refractivity (Wildman–Crippen MR) is 107 cm³/mol. The van der Waals surface area contributed by atoms with Crippen LogP contribution >= 0.6 is 0 Å². The molecule has 0 rings (SSSR count). The topological polar surface area (TPSA) is 86.2 Å². The van der Waals surface area contributed by atoms with Gasteiger partial charge in [0.15, 0.2) is 5.96 Å². The van der Waals surface area contributed by atoms with Crippen molar-refractivity contribution in [2.45, 2.75) is 60.0 Å². The second-order valence-corrected chi connectivity index (χ2v) is 8.06. The molecular formula is C19H40N4O3. The summed E-state index contributed by atoms with van der Waals surface area (Å²) >= 11 is 0. The molecule has 3 N–H and O–H groups in total. The predicted octanol–water partition coefficient (Wildman–Crippen LogP) is 2.45. The normalized spacial score (nSPS) is 13.5. The summed E-state index contributed by atoms with van der Waals surface area (Å²) in [6.45, 7) is 14.7. The van der Waals surface area contributed by atoms with Crippen molar-refractivity contribution in [2.24, 2.45) is 16.8 Å². The summed E-state index contributed by atoms with van der Waals surface area (Å²) in [6.07, 6.45) is 1.48. The number of nitrogens with one attached hydrogen (secondary N) is 2. The number of aliphatic hydroxyl groups is 1. The highest BCUT2D eigenvalue weighted by molar-refractivity contribution is 5.79. The van der Waals surface area contributed by atoms with E-state index in [0.717, 1.165) is 25.3 Å². The average Bonchev–Trinajstić information content (AvgIpc) is 2.50. The minimum Gasteiger partial charge on any atom is -0.444 e. The van der Waals surface area contributed by atoms with Crippen molar-refractivity contribution in [3.05, 3.63) is 0 Å². The second-order valence-electron chi connectivity index (χ2n) is 8.06. The first-order valence-electron chi connectivity index (χ1n) is 9.66. The fourth-order valence-corrected chi connectivity index (χ4v) is 2.47. The average molecular weight is 373 g/mol. The van der Waals surface area contributed by atoms with Crippen LogP contribution in [0.1, 0.15) is 54.4 Å². The Morgan fingerprint density at radius 2 is 1.92 bits per heavy atom. The molecule has 26 heavy (non-hydrogen) atoms. The van der Waals surface area contributed by atoms with Gasteiger partial charge in [0.2, 0.25) is 0 Å². The summed E-state index contributed by atoms with van der Waals surface area (Å²) in [7, 11) is 1.72. The van der Waals surface area contributed by atoms with E-state index in [1.807, 2.05) is 27.7 Å². The molecule has 0 spiro atoms. The van der Waals surface area contributed by atoms with E-state index in [0.29, 0.717) is 31.5 Å². The number of nitrogens with zero attached hydrogens (tertiary/aromatic N) is 2. The lowest BCUT2D eigenvalue weighted by atomic mass is 9.94. The number of amides is 1. The van der Waals surface area contributed by atoms with Crippen LogP contribution in [0.4, 0.5) is 4.79 Å². The summed E-state index contributed by atoms with van der Waals surface area (Å²) in [4.78, 5) is 18.1. The van der Waals surface area contributed by atoms with Crippen molar-refractivity contribution in [3.63, 3.8) is 0 Å². The molecule has 0 radical (unpaired) electrons. The van der Waals surface area contributed by atoms with Gasteiger partial charge >= 0.3 is 6.09 Å². The Balaban J connectivity index is 4.50. The van der Waals surface area contributed by atoms with Crippen LogP contribution in [-0.4, -0.2) is 67.5 Å². The van der Waals surface area contributed by atoms with E-state index in [4.69, 9.17) is 4.74 Å². The Kier molecular flexibility index (Phi) is 12.1. The van der Waals surface area contributed by atoms with Gasteiger partial charge in [0.1, 0.15) is 5.60 Å². The lowest BCUT2D eigenvalue weighted by Gasteiger charge is -2.25. The first-order valence-corrected chi connectivity index (χ1v) is 9.66. The fraction of sp³-hybridized carbons (Fsp3) is 0.895. The van der Waals surface area contributed by atoms with E-state index >= 15 is 0 Å². The number of carbonyl (C=O) groups is 1. The first-order chi connectivity index (χ1) is 12.1. The molecule has 0 aliphatic rings. The number of ether oxygens (including phenoxy) is 1. The van der Waals surface area contributed by atoms with E-state index < -0.39 is 5.60 Å². The fourth-order valence-electron chi connectivity index (χ4n) is 2.47. The van der Waals surface area contributed by atoms with Crippen molar-refractivity contribution >= 4 is 12.1 Å². The summed E-state index contributed by atoms with van der Waals surface area (Å²) in [6, 6.07) is 0. The van der Waals surface area contributed by atoms with Gasteiger partial charge in [0.25, 0.3) is 0 Å². The maximum absolute atomic E-state index is 12.0. The van der Waals surface area contributed by atoms with Crippen molar-refractivity contribution in [2.75, 3.05) is 39.8 Å². The molecule has 7 nitrogen and oxygen atoms in total. The zero-order chi connectivity index (χ0) is 20.2. The Labute approximate surface area is 159 Å². The minimum absolute atomic E-state index is 0.192. The number of rotatable bonds is 10. The largest absolute Gasteiger partial charge is 0.444 e. The summed E-state index contributed by atoms with van der Waals surface area (Å²) in [5.41, 5.74) is -0.493. The smallest absolute Gasteiger partial charge is 0.410 e. The Morgan fingerprint density at radius 1 is 1.27 bits per heavy atom. The van der Waals surface area contributed by atoms with Gasteiger partial charge in [-0.3, -0.25) is 4.99 Å². The number of carbonyl (C=O) groups excluding carboxylic acids is 1. The van der Waals surface area contributed by atoms with Crippen molar-refractivity contribution < 1.29 is 14.6 Å². The number of hydrogen-bond acceptors (Lipinski definition) is 4. The molecule has 7 heteroatoms. The Bertz CT molecular complexity index is 419. The van der Waals surface area contributed by atoms with Crippen LogP contribution in [0.5, 0.6) is 0 Å². The van der Waals surface area contributed by atoms with Gasteiger partial charge in [0, 0.05) is 39.8 Å². The standard InChI is InChI=1S/C19H40N4O3/c1-8-20-17(22-14-16(9-12-24)13-15(2)3)21-10-11-23(7)18(25)26-19(4,5)6/h15-16,24H,8-14H2,1-7H3,(H2,20,21,22). The zero-order valence-corrected chi connectivity index (χ0v) is 17.8. The minimum atomic E-state index is -0.493. The van der Waals surface area contributed by atoms with Gasteiger partial charge in [0.05, 0.1) is 0 Å². The van der Waals surface area contributed by atoms with E-state index in [-0.39, 0.29) is 12.7 Å². The summed E-state index contributed by atoms with van der Waals surface area (Å²) < 4.78 is 5.34. The lowest BCUT2D eigenvalue weighted by Crippen LogP contribution is -2.43.